The Balaban J connectivity index is 1.95. The van der Waals surface area contributed by atoms with E-state index in [0.29, 0.717) is 0 Å². The van der Waals surface area contributed by atoms with E-state index in [2.05, 4.69) is 20.6 Å². The summed E-state index contributed by atoms with van der Waals surface area (Å²) in [5.41, 5.74) is -0.00598. The molecule has 0 fully saturated rings. The second-order valence-corrected chi connectivity index (χ2v) is 6.75. The van der Waals surface area contributed by atoms with E-state index < -0.39 is 36.7 Å². The number of hydrogen-bond acceptors (Lipinski definition) is 8. The van der Waals surface area contributed by atoms with Gasteiger partial charge < -0.3 is 30.2 Å². The molecule has 0 spiro atoms. The molecule has 0 aliphatic carbocycles. The van der Waals surface area contributed by atoms with Gasteiger partial charge in [0.25, 0.3) is 5.91 Å². The minimum Gasteiger partial charge on any atom is -0.490 e. The molecular formula is C18H21BClFN4O6. The highest BCUT2D eigenvalue weighted by atomic mass is 35.5. The van der Waals surface area contributed by atoms with Crippen molar-refractivity contribution in [1.29, 1.82) is 0 Å². The molecule has 2 aromatic rings. The Bertz CT molecular complexity index is 879. The van der Waals surface area contributed by atoms with Gasteiger partial charge in [0.2, 0.25) is 5.91 Å². The van der Waals surface area contributed by atoms with Crippen LogP contribution in [0.1, 0.15) is 16.9 Å². The van der Waals surface area contributed by atoms with Crippen LogP contribution in [0.3, 0.4) is 0 Å². The molecule has 13 heteroatoms. The number of carbonyl (C=O) groups is 2. The van der Waals surface area contributed by atoms with Crippen LogP contribution in [0.25, 0.3) is 0 Å². The molecule has 4 N–H and O–H groups in total. The second-order valence-electron chi connectivity index (χ2n) is 6.31. The molecule has 0 saturated carbocycles. The molecule has 0 saturated heterocycles. The Labute approximate surface area is 182 Å². The van der Waals surface area contributed by atoms with Crippen LogP contribution in [0.5, 0.6) is 5.75 Å². The summed E-state index contributed by atoms with van der Waals surface area (Å²) in [6, 6.07) is 2.70. The maximum Gasteiger partial charge on any atom is 0.475 e. The Morgan fingerprint density at radius 3 is 2.68 bits per heavy atom. The van der Waals surface area contributed by atoms with Crippen LogP contribution in [0.15, 0.2) is 36.8 Å². The summed E-state index contributed by atoms with van der Waals surface area (Å²) in [6.07, 6.45) is 3.87. The number of ether oxygens (including phenoxy) is 2. The summed E-state index contributed by atoms with van der Waals surface area (Å²) in [5, 5.41) is 24.2. The molecule has 1 aromatic heterocycles. The molecule has 0 bridgehead atoms. The first-order valence-corrected chi connectivity index (χ1v) is 9.49. The highest BCUT2D eigenvalue weighted by molar-refractivity contribution is 6.43. The zero-order valence-corrected chi connectivity index (χ0v) is 17.3. The molecule has 2 rings (SSSR count). The van der Waals surface area contributed by atoms with Crippen LogP contribution < -0.4 is 15.4 Å². The monoisotopic (exact) mass is 454 g/mol. The highest BCUT2D eigenvalue weighted by Gasteiger charge is 2.30. The fourth-order valence-electron chi connectivity index (χ4n) is 2.47. The van der Waals surface area contributed by atoms with Gasteiger partial charge in [-0.25, -0.2) is 9.37 Å². The van der Waals surface area contributed by atoms with E-state index in [1.54, 1.807) is 0 Å². The molecule has 0 radical (unpaired) electrons. The predicted molar refractivity (Wildman–Crippen MR) is 109 cm³/mol. The largest absolute Gasteiger partial charge is 0.490 e. The summed E-state index contributed by atoms with van der Waals surface area (Å²) in [7, 11) is -0.594. The number of nitrogens with one attached hydrogen (secondary N) is 2. The zero-order valence-electron chi connectivity index (χ0n) is 16.5. The van der Waals surface area contributed by atoms with Gasteiger partial charge in [-0.1, -0.05) is 11.6 Å². The van der Waals surface area contributed by atoms with Gasteiger partial charge in [0, 0.05) is 30.9 Å². The molecule has 2 atom stereocenters. The molecule has 31 heavy (non-hydrogen) atoms. The Hall–Kier alpha value is -2.80. The van der Waals surface area contributed by atoms with Gasteiger partial charge in [0.1, 0.15) is 11.7 Å². The van der Waals surface area contributed by atoms with Crippen molar-refractivity contribution >= 4 is 30.5 Å². The molecule has 10 nitrogen and oxygen atoms in total. The number of hydrogen-bond donors (Lipinski definition) is 4. The van der Waals surface area contributed by atoms with Gasteiger partial charge in [0.05, 0.1) is 25.4 Å². The number of methoxy groups -OCH3 is 1. The predicted octanol–water partition coefficient (Wildman–Crippen LogP) is -0.0202. The molecule has 0 aliphatic heterocycles. The van der Waals surface area contributed by atoms with E-state index in [9.17, 15) is 24.0 Å². The smallest absolute Gasteiger partial charge is 0.475 e. The van der Waals surface area contributed by atoms with Crippen molar-refractivity contribution in [3.63, 3.8) is 0 Å². The van der Waals surface area contributed by atoms with Crippen molar-refractivity contribution in [3.8, 4) is 5.75 Å². The van der Waals surface area contributed by atoms with Crippen LogP contribution in [-0.4, -0.2) is 71.3 Å². The maximum atomic E-state index is 13.8. The zero-order chi connectivity index (χ0) is 22.8. The Morgan fingerprint density at radius 1 is 1.29 bits per heavy atom. The van der Waals surface area contributed by atoms with E-state index in [4.69, 9.17) is 21.1 Å². The molecule has 0 aliphatic rings. The van der Waals surface area contributed by atoms with Crippen molar-refractivity contribution in [2.24, 2.45) is 0 Å². The van der Waals surface area contributed by atoms with Gasteiger partial charge in [-0.2, -0.15) is 0 Å². The van der Waals surface area contributed by atoms with Crippen molar-refractivity contribution in [2.45, 2.75) is 18.4 Å². The third kappa shape index (κ3) is 7.76. The highest BCUT2D eigenvalue weighted by Crippen LogP contribution is 2.21. The van der Waals surface area contributed by atoms with Gasteiger partial charge in [0.15, 0.2) is 11.6 Å². The van der Waals surface area contributed by atoms with Gasteiger partial charge in [-0.05, 0) is 18.2 Å². The minimum atomic E-state index is -1.93. The summed E-state index contributed by atoms with van der Waals surface area (Å²) in [6.45, 7) is -0.319. The first kappa shape index (κ1) is 24.5. The number of halogens is 2. The van der Waals surface area contributed by atoms with E-state index in [1.165, 1.54) is 37.8 Å². The van der Waals surface area contributed by atoms with E-state index in [0.717, 1.165) is 6.07 Å². The van der Waals surface area contributed by atoms with Gasteiger partial charge in [-0.15, -0.1) is 0 Å². The number of aromatic nitrogens is 2. The molecule has 1 aromatic carbocycles. The number of carbonyl (C=O) groups excluding carboxylic acids is 2. The summed E-state index contributed by atoms with van der Waals surface area (Å²) in [5.74, 6) is -3.29. The average Bonchev–Trinajstić information content (AvgIpc) is 2.74. The van der Waals surface area contributed by atoms with Crippen molar-refractivity contribution in [3.05, 3.63) is 53.3 Å². The minimum absolute atomic E-state index is 0.00598. The summed E-state index contributed by atoms with van der Waals surface area (Å²) in [4.78, 5) is 32.4. The lowest BCUT2D eigenvalue weighted by Gasteiger charge is -2.22. The van der Waals surface area contributed by atoms with Crippen LogP contribution in [0.2, 0.25) is 5.02 Å². The Kier molecular flexibility index (Phi) is 9.60. The molecule has 1 heterocycles. The molecule has 2 amide bonds. The van der Waals surface area contributed by atoms with Crippen molar-refractivity contribution in [1.82, 2.24) is 20.6 Å². The lowest BCUT2D eigenvalue weighted by Crippen LogP contribution is -2.55. The van der Waals surface area contributed by atoms with E-state index >= 15 is 0 Å². The lowest BCUT2D eigenvalue weighted by atomic mass is 9.77. The fourth-order valence-corrected chi connectivity index (χ4v) is 2.62. The standard InChI is InChI=1S/C18H21BClFN4O6/c1-30-10-14(24-17(26)13-9-22-5-6-23-13)18(27)25-16(19(28)29)4-7-31-15-3-2-11(20)8-12(15)21/h2-3,5-6,8-9,14,16,28-29H,4,7,10H2,1H3,(H,24,26)(H,25,27)/t14-,16+/m1/s1. The number of nitrogens with zero attached hydrogens (tertiary/aromatic N) is 2. The van der Waals surface area contributed by atoms with Gasteiger partial charge >= 0.3 is 7.12 Å². The van der Waals surface area contributed by atoms with Crippen molar-refractivity contribution in [2.75, 3.05) is 20.3 Å². The SMILES string of the molecule is COC[C@@H](NC(=O)c1cnccn1)C(=O)N[C@@H](CCOc1ccc(Cl)cc1F)B(O)O. The molecule has 0 unspecified atom stereocenters. The average molecular weight is 455 g/mol. The third-order valence-electron chi connectivity index (χ3n) is 4.02. The quantitative estimate of drug-likeness (QED) is 0.347. The van der Waals surface area contributed by atoms with Crippen molar-refractivity contribution < 1.29 is 33.5 Å². The number of rotatable bonds is 11. The lowest BCUT2D eigenvalue weighted by molar-refractivity contribution is -0.124. The number of benzene rings is 1. The topological polar surface area (TPSA) is 143 Å². The van der Waals surface area contributed by atoms with Crippen LogP contribution in [0, 0.1) is 5.82 Å². The van der Waals surface area contributed by atoms with Crippen LogP contribution >= 0.6 is 11.6 Å². The summed E-state index contributed by atoms with van der Waals surface area (Å²) < 4.78 is 24.0. The van der Waals surface area contributed by atoms with E-state index in [1.807, 2.05) is 0 Å². The molecule has 166 valence electrons. The third-order valence-corrected chi connectivity index (χ3v) is 4.25. The molecular weight excluding hydrogens is 433 g/mol. The first-order chi connectivity index (χ1) is 14.8. The van der Waals surface area contributed by atoms with Crippen LogP contribution in [0.4, 0.5) is 4.39 Å². The van der Waals surface area contributed by atoms with Gasteiger partial charge in [-0.3, -0.25) is 14.6 Å². The Morgan fingerprint density at radius 2 is 2.06 bits per heavy atom. The first-order valence-electron chi connectivity index (χ1n) is 9.12. The van der Waals surface area contributed by atoms with Crippen LogP contribution in [-0.2, 0) is 9.53 Å². The maximum absolute atomic E-state index is 13.8. The second kappa shape index (κ2) is 12.2. The fraction of sp³-hybridized carbons (Fsp3) is 0.333. The number of amides is 2. The normalized spacial score (nSPS) is 12.5. The summed E-state index contributed by atoms with van der Waals surface area (Å²) >= 11 is 5.67. The van der Waals surface area contributed by atoms with E-state index in [-0.39, 0.29) is 36.1 Å².